The van der Waals surface area contributed by atoms with Crippen molar-refractivity contribution in [3.8, 4) is 0 Å². The second kappa shape index (κ2) is 8.05. The number of halogens is 1. The number of nitrogens with two attached hydrogens (primary N) is 1. The molecule has 1 aliphatic rings. The number of amides is 2. The van der Waals surface area contributed by atoms with Crippen molar-refractivity contribution in [1.29, 1.82) is 0 Å². The molecule has 1 atom stereocenters. The van der Waals surface area contributed by atoms with Gasteiger partial charge in [-0.15, -0.1) is 12.4 Å². The van der Waals surface area contributed by atoms with Crippen LogP contribution >= 0.6 is 12.4 Å². The highest BCUT2D eigenvalue weighted by Gasteiger charge is 2.23. The second-order valence-corrected chi connectivity index (χ2v) is 5.29. The van der Waals surface area contributed by atoms with E-state index in [1.54, 1.807) is 19.1 Å². The van der Waals surface area contributed by atoms with Crippen molar-refractivity contribution in [2.24, 2.45) is 5.73 Å². The largest absolute Gasteiger partial charge is 0.459 e. The smallest absolute Gasteiger partial charge is 0.287 e. The molecule has 0 aromatic carbocycles. The third-order valence-corrected chi connectivity index (χ3v) is 3.60. The molecule has 118 valence electrons. The van der Waals surface area contributed by atoms with Gasteiger partial charge in [0, 0.05) is 12.1 Å². The van der Waals surface area contributed by atoms with Gasteiger partial charge >= 0.3 is 0 Å². The molecule has 1 saturated carbocycles. The van der Waals surface area contributed by atoms with Gasteiger partial charge in [0.15, 0.2) is 5.76 Å². The molecule has 0 bridgehead atoms. The van der Waals surface area contributed by atoms with E-state index in [-0.39, 0.29) is 42.1 Å². The Kier molecular flexibility index (Phi) is 6.71. The molecule has 0 radical (unpaired) electrons. The predicted molar refractivity (Wildman–Crippen MR) is 81.3 cm³/mol. The zero-order valence-corrected chi connectivity index (χ0v) is 12.8. The summed E-state index contributed by atoms with van der Waals surface area (Å²) in [6.45, 7) is 1.66. The zero-order chi connectivity index (χ0) is 14.5. The van der Waals surface area contributed by atoms with Gasteiger partial charge in [-0.05, 0) is 44.7 Å². The Labute approximate surface area is 130 Å². The lowest BCUT2D eigenvalue weighted by Gasteiger charge is -2.27. The van der Waals surface area contributed by atoms with Crippen LogP contribution in [0.2, 0.25) is 0 Å². The van der Waals surface area contributed by atoms with Crippen LogP contribution in [-0.4, -0.2) is 29.9 Å². The fourth-order valence-electron chi connectivity index (χ4n) is 2.33. The van der Waals surface area contributed by atoms with E-state index in [4.69, 9.17) is 10.2 Å². The molecule has 1 aromatic heterocycles. The molecule has 2 rings (SSSR count). The van der Waals surface area contributed by atoms with E-state index in [1.165, 1.54) is 6.26 Å². The van der Waals surface area contributed by atoms with Crippen molar-refractivity contribution in [1.82, 2.24) is 10.6 Å². The third-order valence-electron chi connectivity index (χ3n) is 3.60. The van der Waals surface area contributed by atoms with Gasteiger partial charge in [0.1, 0.15) is 6.04 Å². The van der Waals surface area contributed by atoms with Crippen molar-refractivity contribution in [2.75, 3.05) is 0 Å². The summed E-state index contributed by atoms with van der Waals surface area (Å²) in [6, 6.07) is 3.00. The Bertz CT molecular complexity index is 456. The van der Waals surface area contributed by atoms with Crippen LogP contribution < -0.4 is 16.4 Å². The number of carbonyl (C=O) groups excluding carboxylic acids is 2. The van der Waals surface area contributed by atoms with Crippen molar-refractivity contribution >= 4 is 24.2 Å². The standard InChI is InChI=1S/C14H21N3O3.ClH/c1-9(16-14(19)12-3-2-8-20-12)13(18)17-11-6-4-10(15)5-7-11;/h2-3,8-11H,4-7,15H2,1H3,(H,16,19)(H,17,18);1H. The third kappa shape index (κ3) is 5.06. The van der Waals surface area contributed by atoms with Gasteiger partial charge in [-0.25, -0.2) is 0 Å². The molecular weight excluding hydrogens is 294 g/mol. The fraction of sp³-hybridized carbons (Fsp3) is 0.571. The fourth-order valence-corrected chi connectivity index (χ4v) is 2.33. The Balaban J connectivity index is 0.00000220. The number of hydrogen-bond donors (Lipinski definition) is 3. The van der Waals surface area contributed by atoms with Crippen LogP contribution in [0.3, 0.4) is 0 Å². The molecule has 7 heteroatoms. The first-order chi connectivity index (χ1) is 9.56. The summed E-state index contributed by atoms with van der Waals surface area (Å²) in [7, 11) is 0. The highest BCUT2D eigenvalue weighted by molar-refractivity contribution is 5.95. The second-order valence-electron chi connectivity index (χ2n) is 5.29. The highest BCUT2D eigenvalue weighted by Crippen LogP contribution is 2.16. The van der Waals surface area contributed by atoms with E-state index in [2.05, 4.69) is 10.6 Å². The maximum Gasteiger partial charge on any atom is 0.287 e. The summed E-state index contributed by atoms with van der Waals surface area (Å²) in [5, 5.41) is 5.56. The van der Waals surface area contributed by atoms with E-state index in [0.29, 0.717) is 0 Å². The number of hydrogen-bond acceptors (Lipinski definition) is 4. The van der Waals surface area contributed by atoms with Crippen LogP contribution in [0, 0.1) is 0 Å². The van der Waals surface area contributed by atoms with E-state index in [1.807, 2.05) is 0 Å². The van der Waals surface area contributed by atoms with E-state index < -0.39 is 6.04 Å². The van der Waals surface area contributed by atoms with Gasteiger partial charge < -0.3 is 20.8 Å². The number of nitrogens with one attached hydrogen (secondary N) is 2. The van der Waals surface area contributed by atoms with Gasteiger partial charge in [-0.2, -0.15) is 0 Å². The molecule has 6 nitrogen and oxygen atoms in total. The Morgan fingerprint density at radius 2 is 2.00 bits per heavy atom. The maximum atomic E-state index is 12.0. The van der Waals surface area contributed by atoms with Crippen LogP contribution in [0.15, 0.2) is 22.8 Å². The number of rotatable bonds is 4. The van der Waals surface area contributed by atoms with Crippen LogP contribution in [0.1, 0.15) is 43.2 Å². The molecule has 1 fully saturated rings. The molecule has 1 aliphatic carbocycles. The molecule has 0 aliphatic heterocycles. The molecule has 4 N–H and O–H groups in total. The van der Waals surface area contributed by atoms with Gasteiger partial charge in [0.2, 0.25) is 5.91 Å². The molecular formula is C14H22ClN3O3. The molecule has 1 heterocycles. The highest BCUT2D eigenvalue weighted by atomic mass is 35.5. The Morgan fingerprint density at radius 1 is 1.33 bits per heavy atom. The first-order valence-corrected chi connectivity index (χ1v) is 6.96. The minimum absolute atomic E-state index is 0. The van der Waals surface area contributed by atoms with Crippen molar-refractivity contribution in [3.63, 3.8) is 0 Å². The van der Waals surface area contributed by atoms with Crippen LogP contribution in [0.4, 0.5) is 0 Å². The summed E-state index contributed by atoms with van der Waals surface area (Å²) < 4.78 is 4.98. The quantitative estimate of drug-likeness (QED) is 0.778. The topological polar surface area (TPSA) is 97.4 Å². The minimum Gasteiger partial charge on any atom is -0.459 e. The maximum absolute atomic E-state index is 12.0. The monoisotopic (exact) mass is 315 g/mol. The van der Waals surface area contributed by atoms with Gasteiger partial charge in [0.05, 0.1) is 6.26 Å². The Morgan fingerprint density at radius 3 is 2.57 bits per heavy atom. The lowest BCUT2D eigenvalue weighted by molar-refractivity contribution is -0.123. The Hall–Kier alpha value is -1.53. The SMILES string of the molecule is CC(NC(=O)c1ccco1)C(=O)NC1CCC(N)CC1.Cl. The van der Waals surface area contributed by atoms with Crippen LogP contribution in [0.5, 0.6) is 0 Å². The van der Waals surface area contributed by atoms with Crippen molar-refractivity contribution in [2.45, 2.75) is 50.7 Å². The normalized spacial score (nSPS) is 22.8. The summed E-state index contributed by atoms with van der Waals surface area (Å²) in [5.41, 5.74) is 5.83. The van der Waals surface area contributed by atoms with Crippen molar-refractivity contribution in [3.05, 3.63) is 24.2 Å². The molecule has 1 unspecified atom stereocenters. The lowest BCUT2D eigenvalue weighted by Crippen LogP contribution is -2.49. The molecule has 0 spiro atoms. The minimum atomic E-state index is -0.594. The average Bonchev–Trinajstić information content (AvgIpc) is 2.95. The van der Waals surface area contributed by atoms with Gasteiger partial charge in [-0.3, -0.25) is 9.59 Å². The van der Waals surface area contributed by atoms with Crippen LogP contribution in [0.25, 0.3) is 0 Å². The molecule has 1 aromatic rings. The van der Waals surface area contributed by atoms with Crippen molar-refractivity contribution < 1.29 is 14.0 Å². The predicted octanol–water partition coefficient (Wildman–Crippen LogP) is 1.21. The van der Waals surface area contributed by atoms with E-state index in [9.17, 15) is 9.59 Å². The zero-order valence-electron chi connectivity index (χ0n) is 12.0. The van der Waals surface area contributed by atoms with Crippen LogP contribution in [-0.2, 0) is 4.79 Å². The summed E-state index contributed by atoms with van der Waals surface area (Å²) >= 11 is 0. The first kappa shape index (κ1) is 17.5. The molecule has 2 amide bonds. The summed E-state index contributed by atoms with van der Waals surface area (Å²) in [5.74, 6) is -0.359. The summed E-state index contributed by atoms with van der Waals surface area (Å²) in [4.78, 5) is 23.8. The first-order valence-electron chi connectivity index (χ1n) is 6.96. The number of furan rings is 1. The molecule has 21 heavy (non-hydrogen) atoms. The lowest BCUT2D eigenvalue weighted by atomic mass is 9.91. The van der Waals surface area contributed by atoms with Gasteiger partial charge in [-0.1, -0.05) is 0 Å². The van der Waals surface area contributed by atoms with E-state index >= 15 is 0 Å². The van der Waals surface area contributed by atoms with Gasteiger partial charge in [0.25, 0.3) is 5.91 Å². The van der Waals surface area contributed by atoms with E-state index in [0.717, 1.165) is 25.7 Å². The summed E-state index contributed by atoms with van der Waals surface area (Å²) in [6.07, 6.45) is 5.07. The average molecular weight is 316 g/mol. The molecule has 0 saturated heterocycles. The number of carbonyl (C=O) groups is 2.